The van der Waals surface area contributed by atoms with Gasteiger partial charge in [-0.25, -0.2) is 14.8 Å². The fourth-order valence-corrected chi connectivity index (χ4v) is 1.70. The van der Waals surface area contributed by atoms with Crippen molar-refractivity contribution in [1.82, 2.24) is 24.7 Å². The molecule has 0 unspecified atom stereocenters. The molecule has 18 heavy (non-hydrogen) atoms. The maximum atomic E-state index is 10.8. The first kappa shape index (κ1) is 10.5. The van der Waals surface area contributed by atoms with Gasteiger partial charge in [0, 0.05) is 19.4 Å². The summed E-state index contributed by atoms with van der Waals surface area (Å²) in [5.74, 6) is -0.393. The van der Waals surface area contributed by atoms with Gasteiger partial charge in [0.05, 0.1) is 22.8 Å². The van der Waals surface area contributed by atoms with E-state index in [1.807, 2.05) is 13.2 Å². The molecule has 0 bridgehead atoms. The highest BCUT2D eigenvalue weighted by molar-refractivity contribution is 5.91. The number of hydrogen-bond acceptors (Lipinski definition) is 4. The van der Waals surface area contributed by atoms with Crippen molar-refractivity contribution < 1.29 is 9.90 Å². The van der Waals surface area contributed by atoms with Gasteiger partial charge in [-0.15, -0.1) is 0 Å². The molecule has 0 aromatic carbocycles. The van der Waals surface area contributed by atoms with Gasteiger partial charge in [0.1, 0.15) is 5.82 Å². The summed E-state index contributed by atoms with van der Waals surface area (Å²) < 4.78 is 1.67. The lowest BCUT2D eigenvalue weighted by molar-refractivity contribution is 0.0696. The van der Waals surface area contributed by atoms with Crippen LogP contribution in [0, 0.1) is 0 Å². The lowest BCUT2D eigenvalue weighted by Crippen LogP contribution is -1.96. The molecule has 3 aromatic rings. The van der Waals surface area contributed by atoms with Crippen LogP contribution in [0.2, 0.25) is 0 Å². The van der Waals surface area contributed by atoms with E-state index in [2.05, 4.69) is 20.1 Å². The molecule has 0 radical (unpaired) electrons. The Hall–Kier alpha value is -2.70. The number of hydrogen-bond donors (Lipinski definition) is 2. The number of fused-ring (bicyclic) bond motifs is 1. The van der Waals surface area contributed by atoms with E-state index in [0.29, 0.717) is 17.0 Å². The molecule has 0 saturated heterocycles. The second-order valence-electron chi connectivity index (χ2n) is 3.89. The van der Waals surface area contributed by atoms with Gasteiger partial charge >= 0.3 is 5.97 Å². The Morgan fingerprint density at radius 1 is 1.44 bits per heavy atom. The van der Waals surface area contributed by atoms with Crippen LogP contribution in [0.3, 0.4) is 0 Å². The molecule has 2 N–H and O–H groups in total. The molecule has 0 aliphatic heterocycles. The van der Waals surface area contributed by atoms with E-state index in [1.165, 1.54) is 12.3 Å². The van der Waals surface area contributed by atoms with Crippen LogP contribution >= 0.6 is 0 Å². The highest BCUT2D eigenvalue weighted by Gasteiger charge is 2.10. The molecule has 0 amide bonds. The van der Waals surface area contributed by atoms with Crippen LogP contribution < -0.4 is 0 Å². The minimum absolute atomic E-state index is 0.129. The van der Waals surface area contributed by atoms with Crippen LogP contribution in [0.4, 0.5) is 0 Å². The monoisotopic (exact) mass is 243 g/mol. The van der Waals surface area contributed by atoms with Crippen molar-refractivity contribution in [2.24, 2.45) is 7.05 Å². The number of nitrogens with zero attached hydrogens (tertiary/aromatic N) is 4. The molecule has 0 spiro atoms. The molecular weight excluding hydrogens is 234 g/mol. The Labute approximate surface area is 101 Å². The van der Waals surface area contributed by atoms with E-state index >= 15 is 0 Å². The summed E-state index contributed by atoms with van der Waals surface area (Å²) in [5.41, 5.74) is 2.03. The van der Waals surface area contributed by atoms with E-state index in [4.69, 9.17) is 5.11 Å². The molecule has 3 heterocycles. The maximum Gasteiger partial charge on any atom is 0.337 e. The second-order valence-corrected chi connectivity index (χ2v) is 3.89. The number of pyridine rings is 1. The summed E-state index contributed by atoms with van der Waals surface area (Å²) in [4.78, 5) is 22.2. The van der Waals surface area contributed by atoms with Crippen molar-refractivity contribution in [1.29, 1.82) is 0 Å². The van der Waals surface area contributed by atoms with Crippen LogP contribution in [0.1, 0.15) is 10.4 Å². The molecule has 0 saturated carbocycles. The molecule has 0 atom stereocenters. The highest BCUT2D eigenvalue weighted by Crippen LogP contribution is 2.19. The highest BCUT2D eigenvalue weighted by atomic mass is 16.4. The molecule has 0 fully saturated rings. The number of aromatic carboxylic acids is 1. The number of imidazole rings is 1. The Balaban J connectivity index is 2.13. The van der Waals surface area contributed by atoms with Crippen LogP contribution in [0.25, 0.3) is 22.6 Å². The molecule has 7 heteroatoms. The van der Waals surface area contributed by atoms with Crippen molar-refractivity contribution in [2.75, 3.05) is 0 Å². The van der Waals surface area contributed by atoms with E-state index in [1.54, 1.807) is 10.9 Å². The molecule has 0 aliphatic rings. The van der Waals surface area contributed by atoms with Gasteiger partial charge in [-0.3, -0.25) is 4.68 Å². The number of H-pyrrole nitrogens is 1. The number of aromatic nitrogens is 5. The fraction of sp³-hybridized carbons (Fsp3) is 0.0909. The number of aryl methyl sites for hydroxylation is 1. The van der Waals surface area contributed by atoms with Crippen molar-refractivity contribution in [3.63, 3.8) is 0 Å². The average Bonchev–Trinajstić information content (AvgIpc) is 2.93. The first-order chi connectivity index (χ1) is 8.63. The molecular formula is C11H9N5O2. The lowest BCUT2D eigenvalue weighted by atomic mass is 10.3. The zero-order chi connectivity index (χ0) is 12.7. The van der Waals surface area contributed by atoms with Crippen LogP contribution in [0.5, 0.6) is 0 Å². The minimum atomic E-state index is -1.01. The van der Waals surface area contributed by atoms with E-state index in [0.717, 1.165) is 5.56 Å². The predicted octanol–water partition coefficient (Wildman–Crippen LogP) is 1.06. The normalized spacial score (nSPS) is 10.9. The van der Waals surface area contributed by atoms with Crippen molar-refractivity contribution in [3.8, 4) is 11.4 Å². The summed E-state index contributed by atoms with van der Waals surface area (Å²) in [6.45, 7) is 0. The largest absolute Gasteiger partial charge is 0.478 e. The van der Waals surface area contributed by atoms with E-state index < -0.39 is 5.97 Å². The van der Waals surface area contributed by atoms with Gasteiger partial charge in [-0.1, -0.05) is 0 Å². The molecule has 90 valence electrons. The van der Waals surface area contributed by atoms with Crippen LogP contribution in [-0.4, -0.2) is 35.8 Å². The quantitative estimate of drug-likeness (QED) is 0.701. The number of carboxylic acids is 1. The number of rotatable bonds is 2. The van der Waals surface area contributed by atoms with Gasteiger partial charge in [0.2, 0.25) is 0 Å². The number of aromatic amines is 1. The third-order valence-electron chi connectivity index (χ3n) is 2.56. The van der Waals surface area contributed by atoms with Gasteiger partial charge in [-0.2, -0.15) is 5.10 Å². The van der Waals surface area contributed by atoms with Gasteiger partial charge in [-0.05, 0) is 6.07 Å². The Morgan fingerprint density at radius 3 is 2.94 bits per heavy atom. The number of carboxylic acid groups (broad SMARTS) is 1. The zero-order valence-electron chi connectivity index (χ0n) is 9.45. The van der Waals surface area contributed by atoms with E-state index in [9.17, 15) is 4.79 Å². The van der Waals surface area contributed by atoms with Crippen molar-refractivity contribution in [3.05, 3.63) is 30.2 Å². The molecule has 3 aromatic heterocycles. The first-order valence-corrected chi connectivity index (χ1v) is 5.21. The smallest absolute Gasteiger partial charge is 0.337 e. The van der Waals surface area contributed by atoms with Crippen molar-refractivity contribution >= 4 is 17.1 Å². The first-order valence-electron chi connectivity index (χ1n) is 5.21. The summed E-state index contributed by atoms with van der Waals surface area (Å²) >= 11 is 0. The topological polar surface area (TPSA) is 96.7 Å². The van der Waals surface area contributed by atoms with Gasteiger partial charge in [0.25, 0.3) is 0 Å². The maximum absolute atomic E-state index is 10.8. The number of nitrogens with one attached hydrogen (secondary N) is 1. The third kappa shape index (κ3) is 1.61. The zero-order valence-corrected chi connectivity index (χ0v) is 9.45. The predicted molar refractivity (Wildman–Crippen MR) is 63.1 cm³/mol. The molecule has 3 rings (SSSR count). The summed E-state index contributed by atoms with van der Waals surface area (Å²) in [6, 6.07) is 1.51. The summed E-state index contributed by atoms with van der Waals surface area (Å²) in [5, 5.41) is 12.9. The van der Waals surface area contributed by atoms with Crippen LogP contribution in [-0.2, 0) is 7.05 Å². The third-order valence-corrected chi connectivity index (χ3v) is 2.56. The SMILES string of the molecule is Cn1cc(-c2nc3ncc(C(=O)O)cc3[nH]2)cn1. The number of carbonyl (C=O) groups is 1. The Kier molecular flexibility index (Phi) is 2.12. The Morgan fingerprint density at radius 2 is 2.28 bits per heavy atom. The van der Waals surface area contributed by atoms with Crippen molar-refractivity contribution in [2.45, 2.75) is 0 Å². The van der Waals surface area contributed by atoms with E-state index in [-0.39, 0.29) is 5.56 Å². The van der Waals surface area contributed by atoms with Gasteiger partial charge in [0.15, 0.2) is 5.65 Å². The average molecular weight is 243 g/mol. The minimum Gasteiger partial charge on any atom is -0.478 e. The lowest BCUT2D eigenvalue weighted by Gasteiger charge is -1.91. The fourth-order valence-electron chi connectivity index (χ4n) is 1.70. The Bertz CT molecular complexity index is 743. The van der Waals surface area contributed by atoms with Gasteiger partial charge < -0.3 is 10.1 Å². The standard InChI is InChI=1S/C11H9N5O2/c1-16-5-7(4-13-16)9-14-8-2-6(11(17)18)3-12-10(8)15-9/h2-5H,1H3,(H,17,18)(H,12,14,15). The second kappa shape index (κ2) is 3.66. The summed E-state index contributed by atoms with van der Waals surface area (Å²) in [6.07, 6.45) is 4.78. The molecule has 7 nitrogen and oxygen atoms in total. The van der Waals surface area contributed by atoms with Crippen LogP contribution in [0.15, 0.2) is 24.7 Å². The molecule has 0 aliphatic carbocycles. The summed E-state index contributed by atoms with van der Waals surface area (Å²) in [7, 11) is 1.81.